The summed E-state index contributed by atoms with van der Waals surface area (Å²) in [6.07, 6.45) is 0. The van der Waals surface area contributed by atoms with E-state index in [2.05, 4.69) is 67.2 Å². The van der Waals surface area contributed by atoms with Crippen molar-refractivity contribution in [1.29, 1.82) is 0 Å². The van der Waals surface area contributed by atoms with Gasteiger partial charge in [-0.15, -0.1) is 0 Å². The van der Waals surface area contributed by atoms with E-state index < -0.39 is 8.30 Å². The average Bonchev–Trinajstić information content (AvgIpc) is 2.45. The van der Waals surface area contributed by atoms with Crippen LogP contribution in [0.2, 0.25) is 0 Å². The molecule has 2 aromatic rings. The van der Waals surface area contributed by atoms with Crippen LogP contribution in [0.5, 0.6) is 0 Å². The normalized spacial score (nSPS) is 12.3. The van der Waals surface area contributed by atoms with E-state index in [9.17, 15) is 0 Å². The predicted octanol–water partition coefficient (Wildman–Crippen LogP) is 4.24. The van der Waals surface area contributed by atoms with Crippen LogP contribution in [0.15, 0.2) is 54.6 Å². The van der Waals surface area contributed by atoms with Gasteiger partial charge in [-0.25, -0.2) is 0 Å². The zero-order chi connectivity index (χ0) is 13.5. The number of nitrogens with one attached hydrogen (secondary N) is 1. The molecule has 0 spiro atoms. The molecule has 1 atom stereocenters. The summed E-state index contributed by atoms with van der Waals surface area (Å²) in [6, 6.07) is 18.8. The van der Waals surface area contributed by atoms with E-state index in [4.69, 9.17) is 4.52 Å². The maximum Gasteiger partial charge on any atom is 0.0986 e. The van der Waals surface area contributed by atoms with Crippen molar-refractivity contribution < 1.29 is 4.52 Å². The van der Waals surface area contributed by atoms with Crippen LogP contribution in [0, 0.1) is 6.92 Å². The SMILES string of the molecule is Cc1ccccc1COP(C)NCc1ccccc1. The Morgan fingerprint density at radius 1 is 1.00 bits per heavy atom. The minimum absolute atomic E-state index is 0.590. The molecule has 19 heavy (non-hydrogen) atoms. The lowest BCUT2D eigenvalue weighted by molar-refractivity contribution is 0.337. The van der Waals surface area contributed by atoms with Crippen molar-refractivity contribution in [3.8, 4) is 0 Å². The Morgan fingerprint density at radius 3 is 2.42 bits per heavy atom. The van der Waals surface area contributed by atoms with E-state index in [0.717, 1.165) is 6.54 Å². The van der Waals surface area contributed by atoms with Gasteiger partial charge in [0.15, 0.2) is 0 Å². The zero-order valence-electron chi connectivity index (χ0n) is 11.5. The molecule has 0 radical (unpaired) electrons. The molecule has 0 amide bonds. The number of hydrogen-bond donors (Lipinski definition) is 1. The molecule has 1 N–H and O–H groups in total. The maximum atomic E-state index is 5.88. The summed E-state index contributed by atoms with van der Waals surface area (Å²) in [6.45, 7) is 5.76. The Bertz CT molecular complexity index is 501. The molecule has 3 heteroatoms. The van der Waals surface area contributed by atoms with Crippen LogP contribution in [0.4, 0.5) is 0 Å². The van der Waals surface area contributed by atoms with Gasteiger partial charge >= 0.3 is 0 Å². The van der Waals surface area contributed by atoms with Crippen molar-refractivity contribution in [3.63, 3.8) is 0 Å². The highest BCUT2D eigenvalue weighted by molar-refractivity contribution is 7.49. The summed E-state index contributed by atoms with van der Waals surface area (Å²) < 4.78 is 5.88. The first-order valence-electron chi connectivity index (χ1n) is 6.44. The monoisotopic (exact) mass is 273 g/mol. The van der Waals surface area contributed by atoms with Gasteiger partial charge in [-0.2, -0.15) is 0 Å². The van der Waals surface area contributed by atoms with Crippen LogP contribution in [-0.2, 0) is 17.7 Å². The third-order valence-electron chi connectivity index (χ3n) is 3.02. The van der Waals surface area contributed by atoms with E-state index in [1.807, 2.05) is 6.07 Å². The fourth-order valence-corrected chi connectivity index (χ4v) is 2.61. The van der Waals surface area contributed by atoms with Gasteiger partial charge in [-0.05, 0) is 30.3 Å². The van der Waals surface area contributed by atoms with Crippen molar-refractivity contribution in [3.05, 3.63) is 71.3 Å². The third kappa shape index (κ3) is 4.76. The predicted molar refractivity (Wildman–Crippen MR) is 82.1 cm³/mol. The molecule has 1 unspecified atom stereocenters. The Balaban J connectivity index is 1.76. The van der Waals surface area contributed by atoms with Gasteiger partial charge in [0.25, 0.3) is 0 Å². The van der Waals surface area contributed by atoms with Gasteiger partial charge in [-0.1, -0.05) is 54.6 Å². The van der Waals surface area contributed by atoms with Gasteiger partial charge < -0.3 is 4.52 Å². The van der Waals surface area contributed by atoms with Crippen molar-refractivity contribution in [2.75, 3.05) is 6.66 Å². The first kappa shape index (κ1) is 14.2. The topological polar surface area (TPSA) is 21.3 Å². The molecule has 0 aliphatic rings. The van der Waals surface area contributed by atoms with Gasteiger partial charge in [0.2, 0.25) is 0 Å². The fraction of sp³-hybridized carbons (Fsp3) is 0.250. The lowest BCUT2D eigenvalue weighted by Crippen LogP contribution is -2.08. The van der Waals surface area contributed by atoms with Crippen molar-refractivity contribution in [2.24, 2.45) is 0 Å². The summed E-state index contributed by atoms with van der Waals surface area (Å²) >= 11 is 0. The second-order valence-electron chi connectivity index (χ2n) is 4.52. The van der Waals surface area contributed by atoms with Crippen LogP contribution >= 0.6 is 8.30 Å². The highest BCUT2D eigenvalue weighted by Gasteiger charge is 2.03. The molecule has 0 saturated heterocycles. The largest absolute Gasteiger partial charge is 0.339 e. The fourth-order valence-electron chi connectivity index (χ4n) is 1.78. The second-order valence-corrected chi connectivity index (χ2v) is 6.09. The molecule has 0 saturated carbocycles. The first-order chi connectivity index (χ1) is 9.25. The van der Waals surface area contributed by atoms with Crippen molar-refractivity contribution in [2.45, 2.75) is 20.1 Å². The average molecular weight is 273 g/mol. The highest BCUT2D eigenvalue weighted by atomic mass is 31.2. The molecule has 0 aliphatic heterocycles. The summed E-state index contributed by atoms with van der Waals surface area (Å²) in [5, 5.41) is 3.43. The van der Waals surface area contributed by atoms with Gasteiger partial charge in [0.05, 0.1) is 14.9 Å². The minimum Gasteiger partial charge on any atom is -0.339 e. The van der Waals surface area contributed by atoms with Crippen LogP contribution < -0.4 is 5.09 Å². The summed E-state index contributed by atoms with van der Waals surface area (Å²) in [4.78, 5) is 0. The van der Waals surface area contributed by atoms with Crippen molar-refractivity contribution >= 4 is 8.30 Å². The Morgan fingerprint density at radius 2 is 1.68 bits per heavy atom. The molecule has 0 heterocycles. The van der Waals surface area contributed by atoms with E-state index in [1.165, 1.54) is 16.7 Å². The molecule has 2 aromatic carbocycles. The van der Waals surface area contributed by atoms with Crippen LogP contribution in [0.25, 0.3) is 0 Å². The summed E-state index contributed by atoms with van der Waals surface area (Å²) in [5.74, 6) is 0. The second kappa shape index (κ2) is 7.40. The molecular weight excluding hydrogens is 253 g/mol. The standard InChI is InChI=1S/C16H20NOP/c1-14-8-6-7-11-16(14)13-18-19(2)17-12-15-9-4-3-5-10-15/h3-11,17H,12-13H2,1-2H3. The lowest BCUT2D eigenvalue weighted by atomic mass is 10.1. The molecule has 0 aliphatic carbocycles. The number of benzene rings is 2. The van der Waals surface area contributed by atoms with E-state index in [1.54, 1.807) is 0 Å². The molecule has 2 nitrogen and oxygen atoms in total. The highest BCUT2D eigenvalue weighted by Crippen LogP contribution is 2.29. The number of hydrogen-bond acceptors (Lipinski definition) is 2. The molecule has 2 rings (SSSR count). The van der Waals surface area contributed by atoms with Gasteiger partial charge in [-0.3, -0.25) is 5.09 Å². The summed E-state index contributed by atoms with van der Waals surface area (Å²) in [7, 11) is -0.590. The lowest BCUT2D eigenvalue weighted by Gasteiger charge is -2.15. The Labute approximate surface area is 116 Å². The number of aryl methyl sites for hydroxylation is 1. The molecule has 0 bridgehead atoms. The van der Waals surface area contributed by atoms with E-state index >= 15 is 0 Å². The molecule has 0 aromatic heterocycles. The van der Waals surface area contributed by atoms with Crippen molar-refractivity contribution in [1.82, 2.24) is 5.09 Å². The maximum absolute atomic E-state index is 5.88. The smallest absolute Gasteiger partial charge is 0.0986 e. The van der Waals surface area contributed by atoms with E-state index in [0.29, 0.717) is 6.61 Å². The Kier molecular flexibility index (Phi) is 5.53. The van der Waals surface area contributed by atoms with Gasteiger partial charge in [0, 0.05) is 6.54 Å². The van der Waals surface area contributed by atoms with Crippen LogP contribution in [0.1, 0.15) is 16.7 Å². The molecule has 100 valence electrons. The van der Waals surface area contributed by atoms with Gasteiger partial charge in [0.1, 0.15) is 0 Å². The van der Waals surface area contributed by atoms with Crippen LogP contribution in [0.3, 0.4) is 0 Å². The first-order valence-corrected chi connectivity index (χ1v) is 8.15. The number of rotatable bonds is 6. The third-order valence-corrected chi connectivity index (χ3v) is 4.14. The molecular formula is C16H20NOP. The summed E-state index contributed by atoms with van der Waals surface area (Å²) in [5.41, 5.74) is 3.84. The minimum atomic E-state index is -0.590. The van der Waals surface area contributed by atoms with E-state index in [-0.39, 0.29) is 0 Å². The quantitative estimate of drug-likeness (QED) is 0.795. The zero-order valence-corrected chi connectivity index (χ0v) is 12.4. The van der Waals surface area contributed by atoms with Crippen LogP contribution in [-0.4, -0.2) is 6.66 Å². The molecule has 0 fully saturated rings. The Hall–Kier alpha value is -1.21.